The van der Waals surface area contributed by atoms with Crippen LogP contribution < -0.4 is 5.32 Å². The molecule has 0 radical (unpaired) electrons. The molecule has 0 fully saturated rings. The molecule has 0 aromatic heterocycles. The van der Waals surface area contributed by atoms with Crippen LogP contribution in [0.4, 0.5) is 5.69 Å². The van der Waals surface area contributed by atoms with E-state index in [0.717, 1.165) is 11.3 Å². The van der Waals surface area contributed by atoms with Gasteiger partial charge in [0.25, 0.3) is 0 Å². The minimum absolute atomic E-state index is 0.404. The Kier molecular flexibility index (Phi) is 3.07. The van der Waals surface area contributed by atoms with Gasteiger partial charge in [0.15, 0.2) is 0 Å². The predicted molar refractivity (Wildman–Crippen MR) is 57.8 cm³/mol. The quantitative estimate of drug-likeness (QED) is 0.682. The van der Waals surface area contributed by atoms with Crippen molar-refractivity contribution in [2.75, 3.05) is 5.32 Å². The molecule has 0 unspecified atom stereocenters. The summed E-state index contributed by atoms with van der Waals surface area (Å²) in [6.45, 7) is 6.22. The summed E-state index contributed by atoms with van der Waals surface area (Å²) in [5.74, 6) is 0. The highest BCUT2D eigenvalue weighted by molar-refractivity contribution is 5.86. The molecule has 0 saturated carbocycles. The van der Waals surface area contributed by atoms with E-state index in [0.29, 0.717) is 6.04 Å². The maximum Gasteiger partial charge on any atom is 0.0431 e. The smallest absolute Gasteiger partial charge is 0.0431 e. The van der Waals surface area contributed by atoms with Gasteiger partial charge in [-0.3, -0.25) is 0 Å². The fourth-order valence-electron chi connectivity index (χ4n) is 1.24. The van der Waals surface area contributed by atoms with Crippen LogP contribution in [0.25, 0.3) is 0 Å². The second-order valence-electron chi connectivity index (χ2n) is 3.53. The molecular weight excluding hydrogens is 160 g/mol. The normalized spacial score (nSPS) is 10.2. The standard InChI is InChI=1S/C11H16N2/c1-8(2)13-11-5-4-9(3)6-10(11)7-12/h4-8,12-13H,1-3H3. The summed E-state index contributed by atoms with van der Waals surface area (Å²) in [6.07, 6.45) is 1.39. The summed E-state index contributed by atoms with van der Waals surface area (Å²) < 4.78 is 0. The fourth-order valence-corrected chi connectivity index (χ4v) is 1.24. The Labute approximate surface area is 79.5 Å². The Hall–Kier alpha value is -1.31. The van der Waals surface area contributed by atoms with E-state index in [2.05, 4.69) is 25.2 Å². The molecule has 0 atom stereocenters. The summed E-state index contributed by atoms with van der Waals surface area (Å²) in [5.41, 5.74) is 3.18. The van der Waals surface area contributed by atoms with Crippen molar-refractivity contribution in [2.24, 2.45) is 0 Å². The van der Waals surface area contributed by atoms with Gasteiger partial charge in [0, 0.05) is 23.5 Å². The average molecular weight is 176 g/mol. The number of hydrogen-bond acceptors (Lipinski definition) is 2. The Morgan fingerprint density at radius 1 is 1.38 bits per heavy atom. The van der Waals surface area contributed by atoms with Gasteiger partial charge < -0.3 is 10.7 Å². The zero-order valence-electron chi connectivity index (χ0n) is 8.39. The van der Waals surface area contributed by atoms with E-state index in [1.54, 1.807) is 0 Å². The lowest BCUT2D eigenvalue weighted by molar-refractivity contribution is 0.899. The van der Waals surface area contributed by atoms with Crippen molar-refractivity contribution in [3.8, 4) is 0 Å². The molecule has 0 aliphatic carbocycles. The first-order valence-corrected chi connectivity index (χ1v) is 4.51. The first-order chi connectivity index (χ1) is 6.13. The molecule has 1 aromatic rings. The zero-order chi connectivity index (χ0) is 9.84. The van der Waals surface area contributed by atoms with Crippen molar-refractivity contribution in [3.05, 3.63) is 29.3 Å². The lowest BCUT2D eigenvalue weighted by atomic mass is 10.1. The van der Waals surface area contributed by atoms with Gasteiger partial charge >= 0.3 is 0 Å². The summed E-state index contributed by atoms with van der Waals surface area (Å²) in [6, 6.07) is 6.49. The van der Waals surface area contributed by atoms with Gasteiger partial charge in [-0.25, -0.2) is 0 Å². The van der Waals surface area contributed by atoms with Gasteiger partial charge in [0.2, 0.25) is 0 Å². The van der Waals surface area contributed by atoms with Crippen LogP contribution >= 0.6 is 0 Å². The molecule has 0 amide bonds. The van der Waals surface area contributed by atoms with E-state index in [1.165, 1.54) is 11.8 Å². The number of rotatable bonds is 3. The van der Waals surface area contributed by atoms with Crippen molar-refractivity contribution < 1.29 is 0 Å². The van der Waals surface area contributed by atoms with E-state index < -0.39 is 0 Å². The van der Waals surface area contributed by atoms with Gasteiger partial charge in [-0.15, -0.1) is 0 Å². The van der Waals surface area contributed by atoms with Gasteiger partial charge in [0.1, 0.15) is 0 Å². The Morgan fingerprint density at radius 2 is 2.08 bits per heavy atom. The molecule has 0 spiro atoms. The number of benzene rings is 1. The number of aryl methyl sites for hydroxylation is 1. The maximum atomic E-state index is 7.26. The molecule has 70 valence electrons. The van der Waals surface area contributed by atoms with Crippen LogP contribution in [0.2, 0.25) is 0 Å². The van der Waals surface area contributed by atoms with Gasteiger partial charge in [0.05, 0.1) is 0 Å². The molecular formula is C11H16N2. The van der Waals surface area contributed by atoms with E-state index >= 15 is 0 Å². The SMILES string of the molecule is Cc1ccc(NC(C)C)c(C=N)c1. The van der Waals surface area contributed by atoms with Gasteiger partial charge in [-0.1, -0.05) is 11.6 Å². The van der Waals surface area contributed by atoms with E-state index in [-0.39, 0.29) is 0 Å². The minimum Gasteiger partial charge on any atom is -0.382 e. The highest BCUT2D eigenvalue weighted by atomic mass is 14.9. The van der Waals surface area contributed by atoms with Crippen molar-refractivity contribution in [3.63, 3.8) is 0 Å². The third-order valence-electron chi connectivity index (χ3n) is 1.81. The third-order valence-corrected chi connectivity index (χ3v) is 1.81. The van der Waals surface area contributed by atoms with Crippen LogP contribution in [0.1, 0.15) is 25.0 Å². The summed E-state index contributed by atoms with van der Waals surface area (Å²) in [5, 5.41) is 10.6. The van der Waals surface area contributed by atoms with Crippen molar-refractivity contribution >= 4 is 11.9 Å². The van der Waals surface area contributed by atoms with E-state index in [1.807, 2.05) is 19.1 Å². The third kappa shape index (κ3) is 2.58. The lowest BCUT2D eigenvalue weighted by Crippen LogP contribution is -2.11. The van der Waals surface area contributed by atoms with Crippen molar-refractivity contribution in [1.82, 2.24) is 0 Å². The highest BCUT2D eigenvalue weighted by Gasteiger charge is 2.00. The monoisotopic (exact) mass is 176 g/mol. The first-order valence-electron chi connectivity index (χ1n) is 4.51. The number of anilines is 1. The van der Waals surface area contributed by atoms with Crippen molar-refractivity contribution in [1.29, 1.82) is 5.41 Å². The molecule has 2 N–H and O–H groups in total. The largest absolute Gasteiger partial charge is 0.382 e. The van der Waals surface area contributed by atoms with E-state index in [9.17, 15) is 0 Å². The molecule has 1 rings (SSSR count). The highest BCUT2D eigenvalue weighted by Crippen LogP contribution is 2.15. The molecule has 2 heteroatoms. The van der Waals surface area contributed by atoms with Crippen molar-refractivity contribution in [2.45, 2.75) is 26.8 Å². The van der Waals surface area contributed by atoms with Crippen LogP contribution in [0.5, 0.6) is 0 Å². The summed E-state index contributed by atoms with van der Waals surface area (Å²) in [7, 11) is 0. The zero-order valence-corrected chi connectivity index (χ0v) is 8.39. The number of nitrogens with one attached hydrogen (secondary N) is 2. The average Bonchev–Trinajstić information content (AvgIpc) is 2.07. The maximum absolute atomic E-state index is 7.26. The Balaban J connectivity index is 2.99. The predicted octanol–water partition coefficient (Wildman–Crippen LogP) is 2.81. The molecule has 13 heavy (non-hydrogen) atoms. The van der Waals surface area contributed by atoms with Crippen LogP contribution in [0.3, 0.4) is 0 Å². The molecule has 1 aromatic carbocycles. The van der Waals surface area contributed by atoms with Crippen LogP contribution in [0.15, 0.2) is 18.2 Å². The lowest BCUT2D eigenvalue weighted by Gasteiger charge is -2.12. The minimum atomic E-state index is 0.404. The first kappa shape index (κ1) is 9.78. The molecule has 2 nitrogen and oxygen atoms in total. The second kappa shape index (κ2) is 4.08. The molecule has 0 heterocycles. The van der Waals surface area contributed by atoms with Crippen LogP contribution in [-0.4, -0.2) is 12.3 Å². The van der Waals surface area contributed by atoms with Gasteiger partial charge in [-0.05, 0) is 32.9 Å². The summed E-state index contributed by atoms with van der Waals surface area (Å²) >= 11 is 0. The Bertz CT molecular complexity index is 303. The molecule has 0 saturated heterocycles. The molecule has 0 aliphatic heterocycles. The second-order valence-corrected chi connectivity index (χ2v) is 3.53. The molecule has 0 bridgehead atoms. The summed E-state index contributed by atoms with van der Waals surface area (Å²) in [4.78, 5) is 0. The van der Waals surface area contributed by atoms with Crippen LogP contribution in [0, 0.1) is 12.3 Å². The van der Waals surface area contributed by atoms with E-state index in [4.69, 9.17) is 5.41 Å². The van der Waals surface area contributed by atoms with Crippen LogP contribution in [-0.2, 0) is 0 Å². The molecule has 0 aliphatic rings. The number of hydrogen-bond donors (Lipinski definition) is 2. The fraction of sp³-hybridized carbons (Fsp3) is 0.364. The Morgan fingerprint density at radius 3 is 2.62 bits per heavy atom. The topological polar surface area (TPSA) is 35.9 Å². The van der Waals surface area contributed by atoms with Gasteiger partial charge in [-0.2, -0.15) is 0 Å².